The zero-order chi connectivity index (χ0) is 21.3. The Morgan fingerprint density at radius 1 is 1.17 bits per heavy atom. The van der Waals surface area contributed by atoms with Crippen LogP contribution in [-0.4, -0.2) is 37.0 Å². The topological polar surface area (TPSA) is 79.5 Å². The van der Waals surface area contributed by atoms with E-state index in [1.807, 2.05) is 25.1 Å². The normalized spacial score (nSPS) is 17.1. The van der Waals surface area contributed by atoms with Gasteiger partial charge in [-0.15, -0.1) is 0 Å². The third-order valence-corrected chi connectivity index (χ3v) is 7.13. The lowest BCUT2D eigenvalue weighted by molar-refractivity contribution is 0.0925. The molecule has 1 saturated heterocycles. The van der Waals surface area contributed by atoms with Crippen molar-refractivity contribution in [3.05, 3.63) is 75.8 Å². The molecular formula is C22H23FN2O4S. The first kappa shape index (κ1) is 20.7. The van der Waals surface area contributed by atoms with Crippen LogP contribution in [0.5, 0.6) is 0 Å². The SMILES string of the molecule is Cc1ccc2cc(CN(C[C@H]3CCCO3)S(=O)(=O)c3ccc(F)cc3)c(=O)[nH]c2c1. The fourth-order valence-electron chi connectivity index (χ4n) is 3.69. The van der Waals surface area contributed by atoms with Crippen LogP contribution in [0.1, 0.15) is 24.0 Å². The summed E-state index contributed by atoms with van der Waals surface area (Å²) in [5, 5.41) is 0.825. The Labute approximate surface area is 174 Å². The second-order valence-corrected chi connectivity index (χ2v) is 9.54. The number of fused-ring (bicyclic) bond motifs is 1. The molecule has 0 unspecified atom stereocenters. The highest BCUT2D eigenvalue weighted by Crippen LogP contribution is 2.23. The molecule has 3 aromatic rings. The van der Waals surface area contributed by atoms with Crippen molar-refractivity contribution in [2.75, 3.05) is 13.2 Å². The van der Waals surface area contributed by atoms with Gasteiger partial charge in [0.05, 0.1) is 11.0 Å². The molecule has 0 bridgehead atoms. The molecule has 0 aliphatic carbocycles. The summed E-state index contributed by atoms with van der Waals surface area (Å²) in [6.45, 7) is 2.55. The number of aryl methyl sites for hydroxylation is 1. The number of aromatic amines is 1. The molecule has 1 atom stereocenters. The van der Waals surface area contributed by atoms with Crippen LogP contribution in [0.25, 0.3) is 10.9 Å². The molecule has 0 spiro atoms. The van der Waals surface area contributed by atoms with E-state index in [1.54, 1.807) is 6.07 Å². The molecule has 1 aromatic heterocycles. The third kappa shape index (κ3) is 4.30. The summed E-state index contributed by atoms with van der Waals surface area (Å²) in [5.41, 5.74) is 1.73. The second-order valence-electron chi connectivity index (χ2n) is 7.60. The van der Waals surface area contributed by atoms with Gasteiger partial charge in [-0.1, -0.05) is 12.1 Å². The molecule has 4 rings (SSSR count). The second kappa shape index (κ2) is 8.29. The van der Waals surface area contributed by atoms with E-state index < -0.39 is 15.8 Å². The minimum Gasteiger partial charge on any atom is -0.377 e. The first-order valence-electron chi connectivity index (χ1n) is 9.83. The van der Waals surface area contributed by atoms with Crippen LogP contribution >= 0.6 is 0 Å². The standard InChI is InChI=1S/C22H23FN2O4S/c1-15-4-5-16-12-17(22(26)24-21(16)11-15)13-25(14-19-3-2-10-29-19)30(27,28)20-8-6-18(23)7-9-20/h4-9,11-12,19H,2-3,10,13-14H2,1H3,(H,24,26)/t19-/m1/s1. The minimum absolute atomic E-state index is 0.0188. The van der Waals surface area contributed by atoms with Crippen LogP contribution in [0.4, 0.5) is 4.39 Å². The quantitative estimate of drug-likeness (QED) is 0.651. The van der Waals surface area contributed by atoms with Crippen LogP contribution in [0.3, 0.4) is 0 Å². The van der Waals surface area contributed by atoms with Crippen molar-refractivity contribution in [3.8, 4) is 0 Å². The molecule has 1 aliphatic heterocycles. The van der Waals surface area contributed by atoms with E-state index in [9.17, 15) is 17.6 Å². The number of nitrogens with one attached hydrogen (secondary N) is 1. The molecule has 6 nitrogen and oxygen atoms in total. The number of benzene rings is 2. The highest BCUT2D eigenvalue weighted by atomic mass is 32.2. The van der Waals surface area contributed by atoms with E-state index in [0.717, 1.165) is 35.9 Å². The molecule has 0 amide bonds. The van der Waals surface area contributed by atoms with Crippen molar-refractivity contribution in [2.24, 2.45) is 0 Å². The molecule has 0 saturated carbocycles. The van der Waals surface area contributed by atoms with Gasteiger partial charge in [-0.2, -0.15) is 4.31 Å². The molecule has 1 N–H and O–H groups in total. The Morgan fingerprint density at radius 3 is 2.63 bits per heavy atom. The maximum Gasteiger partial charge on any atom is 0.252 e. The van der Waals surface area contributed by atoms with Gasteiger partial charge < -0.3 is 9.72 Å². The number of nitrogens with zero attached hydrogens (tertiary/aromatic N) is 1. The monoisotopic (exact) mass is 430 g/mol. The maximum atomic E-state index is 13.3. The van der Waals surface area contributed by atoms with Crippen LogP contribution in [-0.2, 0) is 21.3 Å². The number of halogens is 1. The van der Waals surface area contributed by atoms with E-state index >= 15 is 0 Å². The highest BCUT2D eigenvalue weighted by Gasteiger charge is 2.30. The van der Waals surface area contributed by atoms with Gasteiger partial charge in [0.1, 0.15) is 5.82 Å². The van der Waals surface area contributed by atoms with E-state index in [4.69, 9.17) is 4.74 Å². The Hall–Kier alpha value is -2.55. The van der Waals surface area contributed by atoms with Crippen molar-refractivity contribution in [1.82, 2.24) is 9.29 Å². The van der Waals surface area contributed by atoms with Crippen LogP contribution < -0.4 is 5.56 Å². The smallest absolute Gasteiger partial charge is 0.252 e. The molecule has 8 heteroatoms. The largest absolute Gasteiger partial charge is 0.377 e. The number of pyridine rings is 1. The Bertz CT molecular complexity index is 1220. The summed E-state index contributed by atoms with van der Waals surface area (Å²) in [7, 11) is -3.95. The van der Waals surface area contributed by atoms with Crippen molar-refractivity contribution in [2.45, 2.75) is 37.3 Å². The lowest BCUT2D eigenvalue weighted by Gasteiger charge is -2.25. The number of hydrogen-bond acceptors (Lipinski definition) is 4. The molecular weight excluding hydrogens is 407 g/mol. The maximum absolute atomic E-state index is 13.3. The number of H-pyrrole nitrogens is 1. The zero-order valence-electron chi connectivity index (χ0n) is 16.6. The highest BCUT2D eigenvalue weighted by molar-refractivity contribution is 7.89. The number of hydrogen-bond donors (Lipinski definition) is 1. The summed E-state index contributed by atoms with van der Waals surface area (Å²) in [4.78, 5) is 15.5. The summed E-state index contributed by atoms with van der Waals surface area (Å²) in [5.74, 6) is -0.513. The molecule has 1 fully saturated rings. The number of rotatable bonds is 6. The van der Waals surface area contributed by atoms with Gasteiger partial charge >= 0.3 is 0 Å². The summed E-state index contributed by atoms with van der Waals surface area (Å²) in [6, 6.07) is 12.1. The van der Waals surface area contributed by atoms with Crippen LogP contribution in [0, 0.1) is 12.7 Å². The predicted molar refractivity (Wildman–Crippen MR) is 112 cm³/mol. The van der Waals surface area contributed by atoms with E-state index in [2.05, 4.69) is 4.98 Å². The number of sulfonamides is 1. The van der Waals surface area contributed by atoms with Gasteiger partial charge in [-0.25, -0.2) is 12.8 Å². The van der Waals surface area contributed by atoms with Crippen molar-refractivity contribution in [1.29, 1.82) is 0 Å². The average molecular weight is 431 g/mol. The van der Waals surface area contributed by atoms with Gasteiger partial charge in [0.15, 0.2) is 0 Å². The van der Waals surface area contributed by atoms with E-state index in [0.29, 0.717) is 17.7 Å². The molecule has 30 heavy (non-hydrogen) atoms. The predicted octanol–water partition coefficient (Wildman–Crippen LogP) is 3.35. The fraction of sp³-hybridized carbons (Fsp3) is 0.318. The van der Waals surface area contributed by atoms with Gasteiger partial charge in [-0.3, -0.25) is 4.79 Å². The van der Waals surface area contributed by atoms with Gasteiger partial charge in [-0.05, 0) is 67.1 Å². The average Bonchev–Trinajstić information content (AvgIpc) is 3.21. The third-order valence-electron chi connectivity index (χ3n) is 5.31. The van der Waals surface area contributed by atoms with Crippen molar-refractivity contribution < 1.29 is 17.5 Å². The molecule has 2 aromatic carbocycles. The molecule has 1 aliphatic rings. The lowest BCUT2D eigenvalue weighted by Crippen LogP contribution is -2.38. The van der Waals surface area contributed by atoms with E-state index in [-0.39, 0.29) is 29.6 Å². The molecule has 158 valence electrons. The van der Waals surface area contributed by atoms with Crippen LogP contribution in [0.15, 0.2) is 58.2 Å². The summed E-state index contributed by atoms with van der Waals surface area (Å²) >= 11 is 0. The Morgan fingerprint density at radius 2 is 1.93 bits per heavy atom. The zero-order valence-corrected chi connectivity index (χ0v) is 17.4. The summed E-state index contributed by atoms with van der Waals surface area (Å²) < 4.78 is 46.8. The van der Waals surface area contributed by atoms with Crippen molar-refractivity contribution >= 4 is 20.9 Å². The molecule has 2 heterocycles. The number of aromatic nitrogens is 1. The fourth-order valence-corrected chi connectivity index (χ4v) is 5.14. The van der Waals surface area contributed by atoms with E-state index in [1.165, 1.54) is 16.4 Å². The van der Waals surface area contributed by atoms with Gasteiger partial charge in [0.25, 0.3) is 5.56 Å². The lowest BCUT2D eigenvalue weighted by atomic mass is 10.1. The Kier molecular flexibility index (Phi) is 5.73. The number of ether oxygens (including phenoxy) is 1. The van der Waals surface area contributed by atoms with Crippen LogP contribution in [0.2, 0.25) is 0 Å². The summed E-state index contributed by atoms with van der Waals surface area (Å²) in [6.07, 6.45) is 1.38. The van der Waals surface area contributed by atoms with Crippen molar-refractivity contribution in [3.63, 3.8) is 0 Å². The Balaban J connectivity index is 1.72. The molecule has 0 radical (unpaired) electrons. The minimum atomic E-state index is -3.95. The first-order chi connectivity index (χ1) is 14.3. The first-order valence-corrected chi connectivity index (χ1v) is 11.3. The van der Waals surface area contributed by atoms with Gasteiger partial charge in [0, 0.05) is 30.8 Å². The van der Waals surface area contributed by atoms with Gasteiger partial charge in [0.2, 0.25) is 10.0 Å².